The van der Waals surface area contributed by atoms with Crippen molar-refractivity contribution in [2.45, 2.75) is 33.6 Å². The molecule has 2 aromatic heterocycles. The van der Waals surface area contributed by atoms with E-state index < -0.39 is 0 Å². The van der Waals surface area contributed by atoms with Crippen LogP contribution in [0.15, 0.2) is 30.6 Å². The molecule has 0 N–H and O–H groups in total. The van der Waals surface area contributed by atoms with Crippen LogP contribution in [0.2, 0.25) is 0 Å². The third kappa shape index (κ3) is 4.66. The molecule has 0 bridgehead atoms. The minimum atomic E-state index is 0.0582. The fraction of sp³-hybridized carbons (Fsp3) is 0.458. The van der Waals surface area contributed by atoms with Crippen molar-refractivity contribution < 1.29 is 9.53 Å². The van der Waals surface area contributed by atoms with Crippen LogP contribution >= 0.6 is 11.3 Å². The maximum Gasteiger partial charge on any atom is 0.225 e. The van der Waals surface area contributed by atoms with Gasteiger partial charge in [0.25, 0.3) is 0 Å². The molecule has 31 heavy (non-hydrogen) atoms. The van der Waals surface area contributed by atoms with Crippen LogP contribution in [0.25, 0.3) is 10.2 Å². The van der Waals surface area contributed by atoms with Gasteiger partial charge in [-0.2, -0.15) is 0 Å². The van der Waals surface area contributed by atoms with E-state index in [0.717, 1.165) is 42.3 Å². The molecule has 7 heteroatoms. The first kappa shape index (κ1) is 21.6. The number of aryl methyl sites for hydroxylation is 3. The first-order chi connectivity index (χ1) is 14.9. The maximum absolute atomic E-state index is 12.9. The van der Waals surface area contributed by atoms with E-state index in [1.165, 1.54) is 21.4 Å². The lowest BCUT2D eigenvalue weighted by Crippen LogP contribution is -2.42. The Kier molecular flexibility index (Phi) is 6.41. The van der Waals surface area contributed by atoms with E-state index in [0.29, 0.717) is 13.2 Å². The number of nitrogens with zero attached hydrogens (tertiary/aromatic N) is 4. The van der Waals surface area contributed by atoms with E-state index in [4.69, 9.17) is 4.74 Å². The number of anilines is 1. The van der Waals surface area contributed by atoms with Crippen LogP contribution in [-0.2, 0) is 4.79 Å². The first-order valence-corrected chi connectivity index (χ1v) is 11.7. The Morgan fingerprint density at radius 2 is 2.00 bits per heavy atom. The molecule has 0 unspecified atom stereocenters. The van der Waals surface area contributed by atoms with Crippen molar-refractivity contribution in [1.82, 2.24) is 14.9 Å². The number of likely N-dealkylation sites (N-methyl/N-ethyl adjacent to an activating group) is 1. The standard InChI is InChI=1S/C24H30N4O2S/c1-16-6-5-7-20(14-16)30-13-12-27(4)24(29)19-8-10-28(11-9-19)22-21-17(2)18(3)31-23(21)26-15-25-22/h5-7,14-15,19H,8-13H2,1-4H3. The molecule has 3 heterocycles. The van der Waals surface area contributed by atoms with E-state index >= 15 is 0 Å². The summed E-state index contributed by atoms with van der Waals surface area (Å²) in [4.78, 5) is 28.4. The predicted molar refractivity (Wildman–Crippen MR) is 126 cm³/mol. The fourth-order valence-electron chi connectivity index (χ4n) is 4.17. The van der Waals surface area contributed by atoms with Crippen molar-refractivity contribution in [2.75, 3.05) is 38.2 Å². The summed E-state index contributed by atoms with van der Waals surface area (Å²) in [6.07, 6.45) is 3.34. The normalized spacial score (nSPS) is 14.8. The average Bonchev–Trinajstić information content (AvgIpc) is 3.07. The van der Waals surface area contributed by atoms with Crippen LogP contribution in [0.1, 0.15) is 28.8 Å². The molecule has 0 spiro atoms. The van der Waals surface area contributed by atoms with Crippen molar-refractivity contribution in [3.05, 3.63) is 46.6 Å². The summed E-state index contributed by atoms with van der Waals surface area (Å²) in [7, 11) is 1.87. The molecule has 6 nitrogen and oxygen atoms in total. The van der Waals surface area contributed by atoms with Crippen LogP contribution in [0, 0.1) is 26.7 Å². The van der Waals surface area contributed by atoms with E-state index in [1.54, 1.807) is 17.7 Å². The smallest absolute Gasteiger partial charge is 0.225 e. The molecular formula is C24H30N4O2S. The summed E-state index contributed by atoms with van der Waals surface area (Å²) in [6, 6.07) is 7.99. The lowest BCUT2D eigenvalue weighted by molar-refractivity contribution is -0.135. The van der Waals surface area contributed by atoms with Gasteiger partial charge in [-0.25, -0.2) is 9.97 Å². The number of piperidine rings is 1. The molecule has 0 atom stereocenters. The Bertz CT molecular complexity index is 1070. The van der Waals surface area contributed by atoms with E-state index in [9.17, 15) is 4.79 Å². The van der Waals surface area contributed by atoms with E-state index in [1.807, 2.05) is 43.1 Å². The second kappa shape index (κ2) is 9.22. The molecule has 1 aliphatic heterocycles. The van der Waals surface area contributed by atoms with Gasteiger partial charge in [-0.15, -0.1) is 11.3 Å². The molecule has 3 aromatic rings. The monoisotopic (exact) mass is 438 g/mol. The summed E-state index contributed by atoms with van der Waals surface area (Å²) in [5.74, 6) is 2.13. The Morgan fingerprint density at radius 1 is 1.23 bits per heavy atom. The summed E-state index contributed by atoms with van der Waals surface area (Å²) in [6.45, 7) is 9.09. The van der Waals surface area contributed by atoms with Crippen LogP contribution in [-0.4, -0.2) is 54.1 Å². The highest BCUT2D eigenvalue weighted by Gasteiger charge is 2.29. The molecule has 0 aliphatic carbocycles. The van der Waals surface area contributed by atoms with E-state index in [-0.39, 0.29) is 11.8 Å². The lowest BCUT2D eigenvalue weighted by atomic mass is 9.95. The summed E-state index contributed by atoms with van der Waals surface area (Å²) in [5.41, 5.74) is 2.43. The molecule has 1 aliphatic rings. The second-order valence-corrected chi connectivity index (χ2v) is 9.55. The zero-order valence-corrected chi connectivity index (χ0v) is 19.5. The molecule has 1 aromatic carbocycles. The van der Waals surface area contributed by atoms with Crippen LogP contribution < -0.4 is 9.64 Å². The highest BCUT2D eigenvalue weighted by molar-refractivity contribution is 7.18. The Balaban J connectivity index is 1.32. The second-order valence-electron chi connectivity index (χ2n) is 8.35. The molecule has 1 amide bonds. The average molecular weight is 439 g/mol. The van der Waals surface area contributed by atoms with Crippen LogP contribution in [0.3, 0.4) is 0 Å². The number of hydrogen-bond donors (Lipinski definition) is 0. The topological polar surface area (TPSA) is 58.6 Å². The third-order valence-electron chi connectivity index (χ3n) is 6.15. The van der Waals surface area contributed by atoms with Crippen LogP contribution in [0.5, 0.6) is 5.75 Å². The Labute approximate surface area is 187 Å². The minimum Gasteiger partial charge on any atom is -0.492 e. The van der Waals surface area contributed by atoms with Gasteiger partial charge < -0.3 is 14.5 Å². The molecule has 164 valence electrons. The number of aromatic nitrogens is 2. The van der Waals surface area contributed by atoms with Crippen LogP contribution in [0.4, 0.5) is 5.82 Å². The zero-order valence-electron chi connectivity index (χ0n) is 18.7. The highest BCUT2D eigenvalue weighted by atomic mass is 32.1. The SMILES string of the molecule is Cc1cccc(OCCN(C)C(=O)C2CCN(c3ncnc4sc(C)c(C)c34)CC2)c1. The number of thiophene rings is 1. The number of carbonyl (C=O) groups excluding carboxylic acids is 1. The minimum absolute atomic E-state index is 0.0582. The zero-order chi connectivity index (χ0) is 22.0. The molecule has 0 saturated carbocycles. The Hall–Kier alpha value is -2.67. The van der Waals surface area contributed by atoms with Gasteiger partial charge >= 0.3 is 0 Å². The predicted octanol–water partition coefficient (Wildman–Crippen LogP) is 4.37. The largest absolute Gasteiger partial charge is 0.492 e. The van der Waals surface area contributed by atoms with E-state index in [2.05, 4.69) is 28.7 Å². The highest BCUT2D eigenvalue weighted by Crippen LogP contribution is 2.35. The van der Waals surface area contributed by atoms with Crippen molar-refractivity contribution in [3.8, 4) is 5.75 Å². The number of rotatable bonds is 6. The van der Waals surface area contributed by atoms with Gasteiger partial charge in [0.1, 0.15) is 29.3 Å². The maximum atomic E-state index is 12.9. The van der Waals surface area contributed by atoms with Gasteiger partial charge in [0, 0.05) is 30.9 Å². The summed E-state index contributed by atoms with van der Waals surface area (Å²) >= 11 is 1.72. The van der Waals surface area contributed by atoms with Gasteiger partial charge in [0.05, 0.1) is 11.9 Å². The van der Waals surface area contributed by atoms with Crippen molar-refractivity contribution in [3.63, 3.8) is 0 Å². The third-order valence-corrected chi connectivity index (χ3v) is 7.27. The van der Waals surface area contributed by atoms with Crippen molar-refractivity contribution >= 4 is 33.3 Å². The lowest BCUT2D eigenvalue weighted by Gasteiger charge is -2.34. The number of amides is 1. The summed E-state index contributed by atoms with van der Waals surface area (Å²) in [5, 5.41) is 1.17. The molecule has 1 saturated heterocycles. The summed E-state index contributed by atoms with van der Waals surface area (Å²) < 4.78 is 5.81. The quantitative estimate of drug-likeness (QED) is 0.572. The van der Waals surface area contributed by atoms with Crippen molar-refractivity contribution in [2.24, 2.45) is 5.92 Å². The number of carbonyl (C=O) groups is 1. The van der Waals surface area contributed by atoms with Gasteiger partial charge in [-0.1, -0.05) is 12.1 Å². The van der Waals surface area contributed by atoms with Gasteiger partial charge in [-0.05, 0) is 56.9 Å². The Morgan fingerprint density at radius 3 is 2.74 bits per heavy atom. The number of fused-ring (bicyclic) bond motifs is 1. The number of benzene rings is 1. The number of hydrogen-bond acceptors (Lipinski definition) is 6. The fourth-order valence-corrected chi connectivity index (χ4v) is 5.16. The molecule has 1 fully saturated rings. The first-order valence-electron chi connectivity index (χ1n) is 10.8. The van der Waals surface area contributed by atoms with Gasteiger partial charge in [0.15, 0.2) is 0 Å². The van der Waals surface area contributed by atoms with Gasteiger partial charge in [-0.3, -0.25) is 4.79 Å². The van der Waals surface area contributed by atoms with Crippen molar-refractivity contribution in [1.29, 1.82) is 0 Å². The number of ether oxygens (including phenoxy) is 1. The molecule has 4 rings (SSSR count). The molecular weight excluding hydrogens is 408 g/mol. The van der Waals surface area contributed by atoms with Gasteiger partial charge in [0.2, 0.25) is 5.91 Å². The molecule has 0 radical (unpaired) electrons.